The van der Waals surface area contributed by atoms with Gasteiger partial charge in [-0.2, -0.15) is 0 Å². The van der Waals surface area contributed by atoms with Gasteiger partial charge < -0.3 is 10.3 Å². The normalized spacial score (nSPS) is 18.3. The lowest BCUT2D eigenvalue weighted by Crippen LogP contribution is -2.38. The van der Waals surface area contributed by atoms with E-state index in [0.717, 1.165) is 16.9 Å². The van der Waals surface area contributed by atoms with E-state index in [0.29, 0.717) is 18.5 Å². The summed E-state index contributed by atoms with van der Waals surface area (Å²) in [4.78, 5) is 22.1. The van der Waals surface area contributed by atoms with E-state index in [1.807, 2.05) is 41.3 Å². The van der Waals surface area contributed by atoms with Gasteiger partial charge in [-0.3, -0.25) is 9.69 Å². The van der Waals surface area contributed by atoms with Crippen LogP contribution in [-0.2, 0) is 21.1 Å². The Bertz CT molecular complexity index is 1130. The molecule has 1 atom stereocenters. The largest absolute Gasteiger partial charge is 0.342 e. The Morgan fingerprint density at radius 2 is 2.03 bits per heavy atom. The molecule has 8 heteroatoms. The van der Waals surface area contributed by atoms with Crippen LogP contribution >= 0.6 is 0 Å². The summed E-state index contributed by atoms with van der Waals surface area (Å²) in [5, 5.41) is 2.89. The highest BCUT2D eigenvalue weighted by atomic mass is 32.2. The predicted molar refractivity (Wildman–Crippen MR) is 114 cm³/mol. The van der Waals surface area contributed by atoms with Crippen LogP contribution in [-0.4, -0.2) is 60.3 Å². The molecule has 152 valence electrons. The monoisotopic (exact) mass is 412 g/mol. The van der Waals surface area contributed by atoms with E-state index in [4.69, 9.17) is 0 Å². The second kappa shape index (κ2) is 7.96. The number of imidazole rings is 1. The Balaban J connectivity index is 1.39. The lowest BCUT2D eigenvalue weighted by Gasteiger charge is -2.22. The molecule has 2 N–H and O–H groups in total. The smallest absolute Gasteiger partial charge is 0.238 e. The molecule has 1 aromatic heterocycles. The summed E-state index contributed by atoms with van der Waals surface area (Å²) in [6.45, 7) is 0.153. The molecule has 2 heterocycles. The average Bonchev–Trinajstić information content (AvgIpc) is 3.24. The number of H-pyrrole nitrogens is 1. The molecule has 4 rings (SSSR count). The minimum absolute atomic E-state index is 0.0959. The number of hydrogen-bond acceptors (Lipinski definition) is 5. The summed E-state index contributed by atoms with van der Waals surface area (Å²) in [7, 11) is -1.17. The van der Waals surface area contributed by atoms with Gasteiger partial charge in [0.1, 0.15) is 5.82 Å². The maximum absolute atomic E-state index is 12.4. The van der Waals surface area contributed by atoms with Crippen molar-refractivity contribution in [3.63, 3.8) is 0 Å². The molecule has 1 unspecified atom stereocenters. The van der Waals surface area contributed by atoms with E-state index in [-0.39, 0.29) is 30.0 Å². The molecule has 0 spiro atoms. The molecule has 2 aromatic carbocycles. The van der Waals surface area contributed by atoms with Crippen molar-refractivity contribution in [3.05, 3.63) is 59.9 Å². The van der Waals surface area contributed by atoms with Crippen molar-refractivity contribution >= 4 is 32.5 Å². The van der Waals surface area contributed by atoms with Crippen molar-refractivity contribution < 1.29 is 13.2 Å². The molecule has 1 amide bonds. The number of rotatable bonds is 6. The lowest BCUT2D eigenvalue weighted by molar-refractivity contribution is -0.117. The number of benzene rings is 2. The zero-order valence-electron chi connectivity index (χ0n) is 16.3. The van der Waals surface area contributed by atoms with Gasteiger partial charge in [0, 0.05) is 18.2 Å². The summed E-state index contributed by atoms with van der Waals surface area (Å²) >= 11 is 0. The third-order valence-electron chi connectivity index (χ3n) is 5.25. The fourth-order valence-corrected chi connectivity index (χ4v) is 5.50. The Labute approximate surface area is 170 Å². The summed E-state index contributed by atoms with van der Waals surface area (Å²) < 4.78 is 23.3. The molecule has 29 heavy (non-hydrogen) atoms. The minimum atomic E-state index is -2.96. The molecular formula is C21H24N4O3S. The number of carbonyl (C=O) groups is 1. The first-order valence-corrected chi connectivity index (χ1v) is 11.4. The third kappa shape index (κ3) is 4.83. The van der Waals surface area contributed by atoms with Gasteiger partial charge in [0.2, 0.25) is 5.91 Å². The molecule has 1 aliphatic rings. The highest BCUT2D eigenvalue weighted by molar-refractivity contribution is 7.91. The number of likely N-dealkylation sites (N-methyl/N-ethyl adjacent to an activating group) is 1. The molecule has 3 aromatic rings. The molecule has 0 bridgehead atoms. The van der Waals surface area contributed by atoms with Crippen molar-refractivity contribution in [1.82, 2.24) is 14.9 Å². The van der Waals surface area contributed by atoms with E-state index in [1.54, 1.807) is 7.05 Å². The van der Waals surface area contributed by atoms with Gasteiger partial charge in [-0.1, -0.05) is 30.3 Å². The van der Waals surface area contributed by atoms with Gasteiger partial charge in [0.05, 0.1) is 29.1 Å². The average molecular weight is 413 g/mol. The van der Waals surface area contributed by atoms with Crippen LogP contribution in [0.4, 0.5) is 5.69 Å². The maximum atomic E-state index is 12.4. The summed E-state index contributed by atoms with van der Waals surface area (Å²) in [5.74, 6) is 1.03. The number of nitrogens with one attached hydrogen (secondary N) is 2. The van der Waals surface area contributed by atoms with Gasteiger partial charge in [0.15, 0.2) is 9.84 Å². The minimum Gasteiger partial charge on any atom is -0.342 e. The van der Waals surface area contributed by atoms with Crippen LogP contribution < -0.4 is 5.32 Å². The van der Waals surface area contributed by atoms with Crippen LogP contribution in [0.3, 0.4) is 0 Å². The number of aromatic nitrogens is 2. The second-order valence-electron chi connectivity index (χ2n) is 7.60. The lowest BCUT2D eigenvalue weighted by atomic mass is 10.1. The maximum Gasteiger partial charge on any atom is 0.238 e. The first-order chi connectivity index (χ1) is 13.9. The van der Waals surface area contributed by atoms with Crippen molar-refractivity contribution in [3.8, 4) is 0 Å². The fraction of sp³-hybridized carbons (Fsp3) is 0.333. The van der Waals surface area contributed by atoms with Gasteiger partial charge in [-0.25, -0.2) is 13.4 Å². The van der Waals surface area contributed by atoms with Gasteiger partial charge in [0.25, 0.3) is 0 Å². The van der Waals surface area contributed by atoms with Crippen LogP contribution in [0.2, 0.25) is 0 Å². The number of amides is 1. The Morgan fingerprint density at radius 3 is 2.76 bits per heavy atom. The third-order valence-corrected chi connectivity index (χ3v) is 7.00. The van der Waals surface area contributed by atoms with Crippen molar-refractivity contribution in [2.45, 2.75) is 18.9 Å². The van der Waals surface area contributed by atoms with Crippen LogP contribution in [0.5, 0.6) is 0 Å². The molecule has 7 nitrogen and oxygen atoms in total. The van der Waals surface area contributed by atoms with E-state index in [2.05, 4.69) is 27.4 Å². The number of hydrogen-bond donors (Lipinski definition) is 2. The number of sulfone groups is 1. The highest BCUT2D eigenvalue weighted by Crippen LogP contribution is 2.20. The molecule has 1 fully saturated rings. The molecule has 1 aliphatic heterocycles. The molecule has 1 saturated heterocycles. The van der Waals surface area contributed by atoms with Gasteiger partial charge >= 0.3 is 0 Å². The van der Waals surface area contributed by atoms with Gasteiger partial charge in [-0.15, -0.1) is 0 Å². The topological polar surface area (TPSA) is 95.2 Å². The van der Waals surface area contributed by atoms with Crippen LogP contribution in [0, 0.1) is 0 Å². The molecule has 0 saturated carbocycles. The Morgan fingerprint density at radius 1 is 1.24 bits per heavy atom. The Hall–Kier alpha value is -2.71. The second-order valence-corrected chi connectivity index (χ2v) is 9.83. The number of nitrogens with zero attached hydrogens (tertiary/aromatic N) is 2. The first kappa shape index (κ1) is 19.6. The summed E-state index contributed by atoms with van der Waals surface area (Å²) in [6.07, 6.45) is 1.29. The van der Waals surface area contributed by atoms with Crippen molar-refractivity contribution in [2.75, 3.05) is 30.4 Å². The SMILES string of the molecule is CN(CC(=O)Nc1ccc2nc(Cc3ccccc3)[nH]c2c1)C1CCS(=O)(=O)C1. The zero-order valence-corrected chi connectivity index (χ0v) is 17.1. The first-order valence-electron chi connectivity index (χ1n) is 9.61. The van der Waals surface area contributed by atoms with E-state index in [1.165, 1.54) is 5.56 Å². The summed E-state index contributed by atoms with van der Waals surface area (Å²) in [5.41, 5.74) is 3.58. The van der Waals surface area contributed by atoms with Gasteiger partial charge in [-0.05, 0) is 37.2 Å². The van der Waals surface area contributed by atoms with Crippen molar-refractivity contribution in [2.24, 2.45) is 0 Å². The van der Waals surface area contributed by atoms with Crippen LogP contribution in [0.25, 0.3) is 11.0 Å². The number of carbonyl (C=O) groups excluding carboxylic acids is 1. The van der Waals surface area contributed by atoms with E-state index >= 15 is 0 Å². The Kier molecular flexibility index (Phi) is 5.38. The summed E-state index contributed by atoms with van der Waals surface area (Å²) in [6, 6.07) is 15.6. The zero-order chi connectivity index (χ0) is 20.4. The predicted octanol–water partition coefficient (Wildman–Crippen LogP) is 2.21. The molecule has 0 radical (unpaired) electrons. The quantitative estimate of drug-likeness (QED) is 0.647. The number of fused-ring (bicyclic) bond motifs is 1. The molecular weight excluding hydrogens is 388 g/mol. The van der Waals surface area contributed by atoms with Crippen LogP contribution in [0.15, 0.2) is 48.5 Å². The number of anilines is 1. The number of aromatic amines is 1. The van der Waals surface area contributed by atoms with E-state index in [9.17, 15) is 13.2 Å². The standard InChI is InChI=1S/C21H24N4O3S/c1-25(17-9-10-29(27,28)14-17)13-21(26)22-16-7-8-18-19(12-16)24-20(23-18)11-15-5-3-2-4-6-15/h2-8,12,17H,9-11,13-14H2,1H3,(H,22,26)(H,23,24). The molecule has 0 aliphatic carbocycles. The van der Waals surface area contributed by atoms with Crippen LogP contribution in [0.1, 0.15) is 17.8 Å². The van der Waals surface area contributed by atoms with E-state index < -0.39 is 9.84 Å². The van der Waals surface area contributed by atoms with Crippen molar-refractivity contribution in [1.29, 1.82) is 0 Å². The highest BCUT2D eigenvalue weighted by Gasteiger charge is 2.31. The fourth-order valence-electron chi connectivity index (χ4n) is 3.69.